The standard InChI is InChI=1S/C18H25N3O3/c1-13-5-4-6-14(19-13)11-20-12-15(17-16(20)7-10-23-17)18(22)21-8-2-3-9-24-21/h4-6,15-17H,2-3,7-12H2,1H3/t15-,16+,17+/m0/s1. The molecule has 0 unspecified atom stereocenters. The lowest BCUT2D eigenvalue weighted by Crippen LogP contribution is -2.43. The van der Waals surface area contributed by atoms with Crippen molar-refractivity contribution in [2.24, 2.45) is 5.92 Å². The molecule has 3 saturated heterocycles. The van der Waals surface area contributed by atoms with Crippen molar-refractivity contribution in [3.63, 3.8) is 0 Å². The molecule has 24 heavy (non-hydrogen) atoms. The van der Waals surface area contributed by atoms with Crippen molar-refractivity contribution >= 4 is 5.91 Å². The minimum Gasteiger partial charge on any atom is -0.376 e. The molecule has 3 fully saturated rings. The van der Waals surface area contributed by atoms with Gasteiger partial charge in [0.15, 0.2) is 0 Å². The van der Waals surface area contributed by atoms with Crippen molar-refractivity contribution in [1.82, 2.24) is 14.9 Å². The second-order valence-electron chi connectivity index (χ2n) is 6.98. The Morgan fingerprint density at radius 2 is 2.25 bits per heavy atom. The number of hydroxylamine groups is 2. The van der Waals surface area contributed by atoms with Crippen LogP contribution in [0.2, 0.25) is 0 Å². The van der Waals surface area contributed by atoms with Crippen LogP contribution in [0.5, 0.6) is 0 Å². The molecule has 4 heterocycles. The van der Waals surface area contributed by atoms with Crippen LogP contribution >= 0.6 is 0 Å². The number of amides is 1. The van der Waals surface area contributed by atoms with Gasteiger partial charge in [0.2, 0.25) is 0 Å². The summed E-state index contributed by atoms with van der Waals surface area (Å²) in [5.41, 5.74) is 2.09. The first-order valence-corrected chi connectivity index (χ1v) is 8.95. The zero-order valence-electron chi connectivity index (χ0n) is 14.2. The molecule has 6 heteroatoms. The molecule has 0 bridgehead atoms. The average molecular weight is 331 g/mol. The van der Waals surface area contributed by atoms with Gasteiger partial charge in [0.1, 0.15) is 0 Å². The minimum atomic E-state index is -0.125. The Labute approximate surface area is 142 Å². The molecule has 6 nitrogen and oxygen atoms in total. The molecule has 4 rings (SSSR count). The topological polar surface area (TPSA) is 54.9 Å². The summed E-state index contributed by atoms with van der Waals surface area (Å²) < 4.78 is 5.93. The van der Waals surface area contributed by atoms with Crippen LogP contribution in [-0.4, -0.2) is 59.3 Å². The molecule has 0 aromatic carbocycles. The van der Waals surface area contributed by atoms with E-state index in [4.69, 9.17) is 9.57 Å². The van der Waals surface area contributed by atoms with Crippen molar-refractivity contribution in [1.29, 1.82) is 0 Å². The molecule has 3 atom stereocenters. The van der Waals surface area contributed by atoms with Gasteiger partial charge in [0.25, 0.3) is 5.91 Å². The maximum Gasteiger partial charge on any atom is 0.253 e. The number of rotatable bonds is 3. The highest BCUT2D eigenvalue weighted by Crippen LogP contribution is 2.35. The fourth-order valence-corrected chi connectivity index (χ4v) is 4.12. The number of aromatic nitrogens is 1. The summed E-state index contributed by atoms with van der Waals surface area (Å²) >= 11 is 0. The van der Waals surface area contributed by atoms with E-state index in [0.29, 0.717) is 19.2 Å². The predicted octanol–water partition coefficient (Wildman–Crippen LogP) is 1.53. The fourth-order valence-electron chi connectivity index (χ4n) is 4.12. The van der Waals surface area contributed by atoms with Crippen molar-refractivity contribution in [2.75, 3.05) is 26.3 Å². The zero-order valence-corrected chi connectivity index (χ0v) is 14.2. The molecular weight excluding hydrogens is 306 g/mol. The molecule has 0 N–H and O–H groups in total. The lowest BCUT2D eigenvalue weighted by molar-refractivity contribution is -0.203. The highest BCUT2D eigenvalue weighted by atomic mass is 16.7. The number of ether oxygens (including phenoxy) is 1. The van der Waals surface area contributed by atoms with E-state index >= 15 is 0 Å². The molecule has 1 aromatic rings. The van der Waals surface area contributed by atoms with Gasteiger partial charge in [-0.2, -0.15) is 0 Å². The average Bonchev–Trinajstić information content (AvgIpc) is 3.19. The number of likely N-dealkylation sites (tertiary alicyclic amines) is 1. The highest BCUT2D eigenvalue weighted by molar-refractivity contribution is 5.79. The Hall–Kier alpha value is -1.50. The van der Waals surface area contributed by atoms with Gasteiger partial charge in [-0.1, -0.05) is 6.07 Å². The summed E-state index contributed by atoms with van der Waals surface area (Å²) in [4.78, 5) is 25.4. The van der Waals surface area contributed by atoms with Crippen molar-refractivity contribution in [3.8, 4) is 0 Å². The van der Waals surface area contributed by atoms with Crippen LogP contribution in [-0.2, 0) is 20.9 Å². The SMILES string of the molecule is Cc1cccc(CN2C[C@H](C(=O)N3CCCCO3)[C@H]3OCC[C@H]32)n1. The third-order valence-corrected chi connectivity index (χ3v) is 5.28. The van der Waals surface area contributed by atoms with Crippen LogP contribution in [0, 0.1) is 12.8 Å². The van der Waals surface area contributed by atoms with Gasteiger partial charge in [-0.05, 0) is 38.3 Å². The van der Waals surface area contributed by atoms with Gasteiger partial charge in [0.05, 0.1) is 24.3 Å². The zero-order chi connectivity index (χ0) is 16.5. The van der Waals surface area contributed by atoms with Crippen molar-refractivity contribution in [2.45, 2.75) is 44.9 Å². The Kier molecular flexibility index (Phi) is 4.52. The van der Waals surface area contributed by atoms with Gasteiger partial charge in [0, 0.05) is 38.0 Å². The maximum atomic E-state index is 12.9. The smallest absolute Gasteiger partial charge is 0.253 e. The fraction of sp³-hybridized carbons (Fsp3) is 0.667. The van der Waals surface area contributed by atoms with E-state index in [0.717, 1.165) is 50.3 Å². The lowest BCUT2D eigenvalue weighted by Gasteiger charge is -2.29. The van der Waals surface area contributed by atoms with Crippen molar-refractivity contribution < 1.29 is 14.4 Å². The molecule has 0 spiro atoms. The first-order valence-electron chi connectivity index (χ1n) is 8.95. The quantitative estimate of drug-likeness (QED) is 0.841. The van der Waals surface area contributed by atoms with E-state index in [1.54, 1.807) is 5.06 Å². The van der Waals surface area contributed by atoms with Gasteiger partial charge >= 0.3 is 0 Å². The van der Waals surface area contributed by atoms with Crippen LogP contribution in [0.25, 0.3) is 0 Å². The third-order valence-electron chi connectivity index (χ3n) is 5.28. The van der Waals surface area contributed by atoms with E-state index in [1.807, 2.05) is 19.1 Å². The summed E-state index contributed by atoms with van der Waals surface area (Å²) in [5.74, 6) is -0.0355. The molecule has 3 aliphatic rings. The number of fused-ring (bicyclic) bond motifs is 1. The summed E-state index contributed by atoms with van der Waals surface area (Å²) in [6.07, 6.45) is 3.03. The molecule has 0 saturated carbocycles. The molecule has 3 aliphatic heterocycles. The molecule has 130 valence electrons. The lowest BCUT2D eigenvalue weighted by atomic mass is 10.0. The third kappa shape index (κ3) is 3.06. The Bertz CT molecular complexity index is 603. The monoisotopic (exact) mass is 331 g/mol. The van der Waals surface area contributed by atoms with Gasteiger partial charge in [-0.25, -0.2) is 5.06 Å². The summed E-state index contributed by atoms with van der Waals surface area (Å²) in [6, 6.07) is 6.42. The largest absolute Gasteiger partial charge is 0.376 e. The van der Waals surface area contributed by atoms with E-state index in [1.165, 1.54) is 0 Å². The molecule has 0 aliphatic carbocycles. The minimum absolute atomic E-state index is 0.00663. The van der Waals surface area contributed by atoms with Crippen LogP contribution in [0.3, 0.4) is 0 Å². The highest BCUT2D eigenvalue weighted by Gasteiger charge is 2.50. The number of carbonyl (C=O) groups excluding carboxylic acids is 1. The van der Waals surface area contributed by atoms with Crippen molar-refractivity contribution in [3.05, 3.63) is 29.6 Å². The maximum absolute atomic E-state index is 12.9. The van der Waals surface area contributed by atoms with Crippen LogP contribution in [0.4, 0.5) is 0 Å². The number of aryl methyl sites for hydroxylation is 1. The van der Waals surface area contributed by atoms with Crippen LogP contribution < -0.4 is 0 Å². The van der Waals surface area contributed by atoms with E-state index in [-0.39, 0.29) is 17.9 Å². The first kappa shape index (κ1) is 16.0. The number of hydrogen-bond acceptors (Lipinski definition) is 5. The van der Waals surface area contributed by atoms with E-state index in [2.05, 4.69) is 16.0 Å². The Morgan fingerprint density at radius 3 is 3.04 bits per heavy atom. The van der Waals surface area contributed by atoms with Crippen LogP contribution in [0.15, 0.2) is 18.2 Å². The van der Waals surface area contributed by atoms with Gasteiger partial charge in [-0.3, -0.25) is 19.5 Å². The summed E-state index contributed by atoms with van der Waals surface area (Å²) in [6.45, 7) is 5.59. The van der Waals surface area contributed by atoms with E-state index in [9.17, 15) is 4.79 Å². The molecule has 0 radical (unpaired) electrons. The second kappa shape index (κ2) is 6.78. The molecule has 1 aromatic heterocycles. The summed E-state index contributed by atoms with van der Waals surface area (Å²) in [5, 5.41) is 1.57. The second-order valence-corrected chi connectivity index (χ2v) is 6.98. The predicted molar refractivity (Wildman–Crippen MR) is 87.9 cm³/mol. The Morgan fingerprint density at radius 1 is 1.33 bits per heavy atom. The molecule has 1 amide bonds. The van der Waals surface area contributed by atoms with Gasteiger partial charge in [-0.15, -0.1) is 0 Å². The Balaban J connectivity index is 1.48. The normalized spacial score (nSPS) is 30.5. The number of hydrogen-bond donors (Lipinski definition) is 0. The van der Waals surface area contributed by atoms with E-state index < -0.39 is 0 Å². The van der Waals surface area contributed by atoms with Gasteiger partial charge < -0.3 is 4.74 Å². The van der Waals surface area contributed by atoms with Crippen LogP contribution in [0.1, 0.15) is 30.7 Å². The number of pyridine rings is 1. The number of nitrogens with zero attached hydrogens (tertiary/aromatic N) is 3. The first-order chi connectivity index (χ1) is 11.7. The summed E-state index contributed by atoms with van der Waals surface area (Å²) in [7, 11) is 0. The molecular formula is C18H25N3O3. The number of carbonyl (C=O) groups is 1.